The second-order valence-electron chi connectivity index (χ2n) is 7.84. The Bertz CT molecular complexity index is 1410. The monoisotopic (exact) mass is 488 g/mol. The molecule has 1 aliphatic heterocycles. The summed E-state index contributed by atoms with van der Waals surface area (Å²) in [6, 6.07) is 16.6. The van der Waals surface area contributed by atoms with E-state index >= 15 is 0 Å². The van der Waals surface area contributed by atoms with E-state index in [0.29, 0.717) is 17.0 Å². The maximum absolute atomic E-state index is 13.3. The third-order valence-electron chi connectivity index (χ3n) is 5.56. The molecule has 0 saturated carbocycles. The highest BCUT2D eigenvalue weighted by molar-refractivity contribution is 6.51. The summed E-state index contributed by atoms with van der Waals surface area (Å²) in [6.45, 7) is 1.24. The van der Waals surface area contributed by atoms with E-state index in [1.165, 1.54) is 49.3 Å². The zero-order chi connectivity index (χ0) is 26.0. The van der Waals surface area contributed by atoms with Crippen LogP contribution in [-0.2, 0) is 14.4 Å². The highest BCUT2D eigenvalue weighted by Gasteiger charge is 2.47. The van der Waals surface area contributed by atoms with Crippen molar-refractivity contribution >= 4 is 34.8 Å². The van der Waals surface area contributed by atoms with Crippen LogP contribution in [0.1, 0.15) is 24.1 Å². The van der Waals surface area contributed by atoms with E-state index in [0.717, 1.165) is 0 Å². The summed E-state index contributed by atoms with van der Waals surface area (Å²) in [6.07, 6.45) is 0. The molecule has 4 rings (SSSR count). The molecule has 3 aromatic rings. The van der Waals surface area contributed by atoms with Gasteiger partial charge in [0.25, 0.3) is 17.4 Å². The van der Waals surface area contributed by atoms with E-state index < -0.39 is 34.4 Å². The zero-order valence-corrected chi connectivity index (χ0v) is 19.2. The molecule has 0 spiro atoms. The van der Waals surface area contributed by atoms with Crippen LogP contribution >= 0.6 is 0 Å². The number of aliphatic hydroxyl groups excluding tert-OH is 1. The number of non-ortho nitro benzene ring substituents is 1. The van der Waals surface area contributed by atoms with Crippen molar-refractivity contribution in [3.8, 4) is 11.5 Å². The van der Waals surface area contributed by atoms with E-state index in [-0.39, 0.29) is 22.6 Å². The predicted molar refractivity (Wildman–Crippen MR) is 129 cm³/mol. The number of aliphatic hydroxyl groups is 1. The number of ether oxygens (including phenoxy) is 2. The fraction of sp³-hybridized carbons (Fsp3) is 0.115. The first kappa shape index (κ1) is 24.1. The number of ketones is 1. The molecule has 1 amide bonds. The molecule has 1 unspecified atom stereocenters. The molecule has 182 valence electrons. The van der Waals surface area contributed by atoms with Gasteiger partial charge < -0.3 is 14.6 Å². The van der Waals surface area contributed by atoms with Crippen molar-refractivity contribution in [2.75, 3.05) is 12.0 Å². The van der Waals surface area contributed by atoms with Gasteiger partial charge in [0, 0.05) is 36.4 Å². The van der Waals surface area contributed by atoms with E-state index in [2.05, 4.69) is 0 Å². The van der Waals surface area contributed by atoms with Crippen LogP contribution in [0.25, 0.3) is 5.76 Å². The molecule has 0 aliphatic carbocycles. The number of nitro groups is 1. The summed E-state index contributed by atoms with van der Waals surface area (Å²) in [7, 11) is 1.46. The Morgan fingerprint density at radius 1 is 1.00 bits per heavy atom. The van der Waals surface area contributed by atoms with Crippen LogP contribution in [0.15, 0.2) is 78.4 Å². The first-order valence-electron chi connectivity index (χ1n) is 10.7. The number of nitro benzene ring substituents is 1. The molecular weight excluding hydrogens is 468 g/mol. The van der Waals surface area contributed by atoms with Crippen LogP contribution in [0.3, 0.4) is 0 Å². The number of nitrogens with zero attached hydrogens (tertiary/aromatic N) is 2. The molecule has 1 aliphatic rings. The number of methoxy groups -OCH3 is 1. The number of carbonyl (C=O) groups excluding carboxylic acids is 3. The van der Waals surface area contributed by atoms with E-state index in [9.17, 15) is 29.6 Å². The highest BCUT2D eigenvalue weighted by atomic mass is 16.6. The quantitative estimate of drug-likeness (QED) is 0.104. The first-order chi connectivity index (χ1) is 17.2. The predicted octanol–water partition coefficient (Wildman–Crippen LogP) is 4.16. The highest BCUT2D eigenvalue weighted by Crippen LogP contribution is 2.43. The smallest absolute Gasteiger partial charge is 0.308 e. The van der Waals surface area contributed by atoms with Gasteiger partial charge in [-0.05, 0) is 42.0 Å². The van der Waals surface area contributed by atoms with Gasteiger partial charge in [-0.3, -0.25) is 29.4 Å². The Morgan fingerprint density at radius 3 is 2.31 bits per heavy atom. The van der Waals surface area contributed by atoms with Crippen molar-refractivity contribution < 1.29 is 33.9 Å². The minimum Gasteiger partial charge on any atom is -0.507 e. The SMILES string of the molecule is COc1cccc(N2C(=O)C(=O)/C(=C(/O)c3ccc([N+](=O)[O-])cc3)C2c2cccc(OC(C)=O)c2)c1. The third-order valence-corrected chi connectivity index (χ3v) is 5.56. The van der Waals surface area contributed by atoms with Crippen LogP contribution in [0.4, 0.5) is 11.4 Å². The molecule has 0 aromatic heterocycles. The number of amides is 1. The molecule has 36 heavy (non-hydrogen) atoms. The van der Waals surface area contributed by atoms with Gasteiger partial charge >= 0.3 is 5.97 Å². The normalized spacial score (nSPS) is 16.6. The largest absolute Gasteiger partial charge is 0.507 e. The van der Waals surface area contributed by atoms with Crippen molar-refractivity contribution in [3.63, 3.8) is 0 Å². The molecule has 10 heteroatoms. The number of hydrogen-bond donors (Lipinski definition) is 1. The van der Waals surface area contributed by atoms with Crippen molar-refractivity contribution in [3.05, 3.63) is 99.6 Å². The first-order valence-corrected chi connectivity index (χ1v) is 10.7. The zero-order valence-electron chi connectivity index (χ0n) is 19.2. The Balaban J connectivity index is 1.92. The molecule has 1 heterocycles. The molecule has 1 N–H and O–H groups in total. The summed E-state index contributed by atoms with van der Waals surface area (Å²) in [5.41, 5.74) is 0.414. The molecule has 1 fully saturated rings. The van der Waals surface area contributed by atoms with E-state index in [4.69, 9.17) is 9.47 Å². The molecule has 1 atom stereocenters. The van der Waals surface area contributed by atoms with Crippen molar-refractivity contribution in [1.29, 1.82) is 0 Å². The van der Waals surface area contributed by atoms with Crippen molar-refractivity contribution in [2.24, 2.45) is 0 Å². The Hall–Kier alpha value is -4.99. The Kier molecular flexibility index (Phi) is 6.51. The van der Waals surface area contributed by atoms with Gasteiger partial charge in [-0.15, -0.1) is 0 Å². The lowest BCUT2D eigenvalue weighted by Gasteiger charge is -2.26. The summed E-state index contributed by atoms with van der Waals surface area (Å²) in [5.74, 6) is -2.27. The third kappa shape index (κ3) is 4.51. The maximum atomic E-state index is 13.3. The van der Waals surface area contributed by atoms with Crippen LogP contribution < -0.4 is 14.4 Å². The van der Waals surface area contributed by atoms with Gasteiger partial charge in [-0.25, -0.2) is 0 Å². The van der Waals surface area contributed by atoms with Crippen LogP contribution in [0.2, 0.25) is 0 Å². The lowest BCUT2D eigenvalue weighted by Crippen LogP contribution is -2.29. The van der Waals surface area contributed by atoms with Gasteiger partial charge in [-0.2, -0.15) is 0 Å². The van der Waals surface area contributed by atoms with Gasteiger partial charge in [0.1, 0.15) is 17.3 Å². The molecule has 1 saturated heterocycles. The fourth-order valence-corrected chi connectivity index (χ4v) is 3.99. The molecule has 3 aromatic carbocycles. The van der Waals surface area contributed by atoms with Crippen molar-refractivity contribution in [2.45, 2.75) is 13.0 Å². The molecular formula is C26H20N2O8. The average Bonchev–Trinajstić information content (AvgIpc) is 3.13. The standard InChI is InChI=1S/C26H20N2O8/c1-15(29)36-21-8-3-5-17(13-21)23-22(24(30)16-9-11-18(12-10-16)28(33)34)25(31)26(32)27(23)19-6-4-7-20(14-19)35-2/h3-14,23,30H,1-2H3/b24-22+. The minimum absolute atomic E-state index is 0.116. The molecule has 0 radical (unpaired) electrons. The van der Waals surface area contributed by atoms with Crippen LogP contribution in [-0.4, -0.2) is 34.8 Å². The summed E-state index contributed by atoms with van der Waals surface area (Å²) >= 11 is 0. The summed E-state index contributed by atoms with van der Waals surface area (Å²) in [5, 5.41) is 22.2. The van der Waals surface area contributed by atoms with E-state index in [1.54, 1.807) is 42.5 Å². The number of carbonyl (C=O) groups is 3. The van der Waals surface area contributed by atoms with Crippen LogP contribution in [0, 0.1) is 10.1 Å². The number of benzene rings is 3. The Morgan fingerprint density at radius 2 is 1.67 bits per heavy atom. The van der Waals surface area contributed by atoms with Gasteiger partial charge in [0.15, 0.2) is 0 Å². The molecule has 0 bridgehead atoms. The summed E-state index contributed by atoms with van der Waals surface area (Å²) in [4.78, 5) is 49.6. The van der Waals surface area contributed by atoms with Gasteiger partial charge in [-0.1, -0.05) is 18.2 Å². The van der Waals surface area contributed by atoms with E-state index in [1.807, 2.05) is 0 Å². The maximum Gasteiger partial charge on any atom is 0.308 e. The van der Waals surface area contributed by atoms with Gasteiger partial charge in [0.05, 0.1) is 23.6 Å². The van der Waals surface area contributed by atoms with Gasteiger partial charge in [0.2, 0.25) is 0 Å². The Labute approximate surface area is 205 Å². The number of esters is 1. The lowest BCUT2D eigenvalue weighted by atomic mass is 9.95. The number of anilines is 1. The number of Topliss-reactive ketones (excluding diaryl/α,β-unsaturated/α-hetero) is 1. The summed E-state index contributed by atoms with van der Waals surface area (Å²) < 4.78 is 10.4. The average molecular weight is 488 g/mol. The van der Waals surface area contributed by atoms with Crippen LogP contribution in [0.5, 0.6) is 11.5 Å². The molecule has 10 nitrogen and oxygen atoms in total. The second-order valence-corrected chi connectivity index (χ2v) is 7.84. The topological polar surface area (TPSA) is 136 Å². The van der Waals surface area contributed by atoms with Crippen molar-refractivity contribution in [1.82, 2.24) is 0 Å². The number of rotatable bonds is 6. The second kappa shape index (κ2) is 9.71. The lowest BCUT2D eigenvalue weighted by molar-refractivity contribution is -0.384. The minimum atomic E-state index is -1.09. The number of hydrogen-bond acceptors (Lipinski definition) is 8. The fourth-order valence-electron chi connectivity index (χ4n) is 3.99.